The molecule has 1 saturated carbocycles. The van der Waals surface area contributed by atoms with Gasteiger partial charge in [-0.1, -0.05) is 54.6 Å². The van der Waals surface area contributed by atoms with Gasteiger partial charge in [0.15, 0.2) is 0 Å². The summed E-state index contributed by atoms with van der Waals surface area (Å²) in [5.41, 5.74) is 0. The third-order valence-corrected chi connectivity index (χ3v) is 8.68. The number of nitrogens with zero attached hydrogens (tertiary/aromatic N) is 3. The normalized spacial score (nSPS) is 32.9. The van der Waals surface area contributed by atoms with Crippen LogP contribution in [0.25, 0.3) is 0 Å². The second-order valence-electron chi connectivity index (χ2n) is 9.98. The summed E-state index contributed by atoms with van der Waals surface area (Å²) < 4.78 is 0. The molecule has 2 heterocycles. The van der Waals surface area contributed by atoms with Crippen molar-refractivity contribution in [1.29, 1.82) is 0 Å². The highest BCUT2D eigenvalue weighted by Crippen LogP contribution is 2.41. The molecule has 33 heavy (non-hydrogen) atoms. The van der Waals surface area contributed by atoms with Gasteiger partial charge in [-0.25, -0.2) is 0 Å². The van der Waals surface area contributed by atoms with Gasteiger partial charge in [-0.15, -0.1) is 0 Å². The van der Waals surface area contributed by atoms with Gasteiger partial charge in [-0.05, 0) is 38.5 Å². The average Bonchev–Trinajstić information content (AvgIpc) is 3.18. The highest BCUT2D eigenvalue weighted by atomic mass is 35.5. The number of halogens is 2. The molecular weight excluding hydrogens is 465 g/mol. The molecule has 0 aromatic carbocycles. The second kappa shape index (κ2) is 9.16. The molecular formula is C24H29Cl2N3O4. The van der Waals surface area contributed by atoms with E-state index in [4.69, 9.17) is 23.2 Å². The van der Waals surface area contributed by atoms with E-state index in [-0.39, 0.29) is 54.8 Å². The lowest BCUT2D eigenvalue weighted by molar-refractivity contribution is -0.147. The maximum atomic E-state index is 13.1. The van der Waals surface area contributed by atoms with Crippen molar-refractivity contribution in [2.75, 3.05) is 13.3 Å². The van der Waals surface area contributed by atoms with E-state index >= 15 is 0 Å². The molecule has 178 valence electrons. The molecule has 0 bridgehead atoms. The van der Waals surface area contributed by atoms with E-state index in [0.29, 0.717) is 35.7 Å². The van der Waals surface area contributed by atoms with Crippen LogP contribution in [-0.2, 0) is 19.2 Å². The van der Waals surface area contributed by atoms with Crippen LogP contribution in [-0.4, -0.2) is 57.7 Å². The smallest absolute Gasteiger partial charge is 0.234 e. The van der Waals surface area contributed by atoms with Gasteiger partial charge in [0.05, 0.1) is 37.0 Å². The molecule has 0 spiro atoms. The van der Waals surface area contributed by atoms with Crippen LogP contribution in [0.15, 0.2) is 22.2 Å². The van der Waals surface area contributed by atoms with Crippen molar-refractivity contribution in [3.63, 3.8) is 0 Å². The lowest BCUT2D eigenvalue weighted by Gasteiger charge is -2.38. The Labute approximate surface area is 203 Å². The number of hydrogen-bond acceptors (Lipinski definition) is 5. The third-order valence-electron chi connectivity index (χ3n) is 8.06. The number of imide groups is 2. The van der Waals surface area contributed by atoms with Crippen molar-refractivity contribution < 1.29 is 19.2 Å². The summed E-state index contributed by atoms with van der Waals surface area (Å²) in [7, 11) is 0. The predicted octanol–water partition coefficient (Wildman–Crippen LogP) is 3.57. The first-order valence-corrected chi connectivity index (χ1v) is 12.7. The van der Waals surface area contributed by atoms with Gasteiger partial charge in [0.2, 0.25) is 23.6 Å². The van der Waals surface area contributed by atoms with Crippen LogP contribution in [0.4, 0.5) is 0 Å². The van der Waals surface area contributed by atoms with Crippen LogP contribution in [0.1, 0.15) is 57.8 Å². The maximum absolute atomic E-state index is 13.1. The first-order valence-electron chi connectivity index (χ1n) is 12.0. The van der Waals surface area contributed by atoms with Crippen LogP contribution < -0.4 is 0 Å². The zero-order valence-electron chi connectivity index (χ0n) is 18.6. The number of rotatable bonds is 5. The van der Waals surface area contributed by atoms with Crippen LogP contribution in [0, 0.1) is 23.7 Å². The van der Waals surface area contributed by atoms with E-state index in [0.717, 1.165) is 32.1 Å². The van der Waals surface area contributed by atoms with Crippen molar-refractivity contribution >= 4 is 46.8 Å². The summed E-state index contributed by atoms with van der Waals surface area (Å²) in [6.07, 6.45) is 10.5. The summed E-state index contributed by atoms with van der Waals surface area (Å²) in [4.78, 5) is 57.2. The molecule has 0 radical (unpaired) electrons. The Morgan fingerprint density at radius 2 is 1.12 bits per heavy atom. The molecule has 3 aliphatic carbocycles. The summed E-state index contributed by atoms with van der Waals surface area (Å²) in [5.74, 6) is -2.27. The van der Waals surface area contributed by atoms with E-state index in [1.165, 1.54) is 9.80 Å². The first-order chi connectivity index (χ1) is 15.8. The highest BCUT2D eigenvalue weighted by molar-refractivity contribution is 6.30. The Bertz CT molecular complexity index is 876. The average molecular weight is 494 g/mol. The summed E-state index contributed by atoms with van der Waals surface area (Å²) in [6, 6.07) is 0.119. The minimum Gasteiger partial charge on any atom is -0.274 e. The molecule has 0 aromatic heterocycles. The number of amides is 4. The molecule has 0 unspecified atom stereocenters. The largest absolute Gasteiger partial charge is 0.274 e. The van der Waals surface area contributed by atoms with E-state index in [2.05, 4.69) is 0 Å². The standard InChI is InChI=1S/C24H29Cl2N3O4/c25-14-6-8-17-19(10-14)23(32)28(21(17)30)12-27(16-4-2-1-3-5-16)13-29-22(31)18-9-7-15(26)11-20(18)24(29)33/h6-7,16-20H,1-5,8-13H2/t17-,18-,19-,20+/m0/s1. The molecule has 5 rings (SSSR count). The lowest BCUT2D eigenvalue weighted by Crippen LogP contribution is -2.52. The van der Waals surface area contributed by atoms with Gasteiger partial charge in [0, 0.05) is 16.1 Å². The molecule has 4 amide bonds. The van der Waals surface area contributed by atoms with E-state index in [1.54, 1.807) is 0 Å². The van der Waals surface area contributed by atoms with Gasteiger partial charge in [-0.3, -0.25) is 33.9 Å². The zero-order chi connectivity index (χ0) is 23.3. The molecule has 7 nitrogen and oxygen atoms in total. The van der Waals surface area contributed by atoms with Crippen molar-refractivity contribution in [1.82, 2.24) is 14.7 Å². The molecule has 9 heteroatoms. The van der Waals surface area contributed by atoms with Gasteiger partial charge in [0.1, 0.15) is 0 Å². The topological polar surface area (TPSA) is 78.0 Å². The Balaban J connectivity index is 1.35. The van der Waals surface area contributed by atoms with Crippen molar-refractivity contribution in [2.45, 2.75) is 63.8 Å². The van der Waals surface area contributed by atoms with Gasteiger partial charge >= 0.3 is 0 Å². The van der Waals surface area contributed by atoms with Crippen LogP contribution in [0.3, 0.4) is 0 Å². The highest BCUT2D eigenvalue weighted by Gasteiger charge is 2.51. The van der Waals surface area contributed by atoms with Crippen molar-refractivity contribution in [2.24, 2.45) is 23.7 Å². The Kier molecular flexibility index (Phi) is 6.40. The van der Waals surface area contributed by atoms with Crippen molar-refractivity contribution in [3.05, 3.63) is 22.2 Å². The number of fused-ring (bicyclic) bond motifs is 2. The lowest BCUT2D eigenvalue weighted by atomic mass is 9.85. The van der Waals surface area contributed by atoms with E-state index in [9.17, 15) is 19.2 Å². The molecule has 2 saturated heterocycles. The predicted molar refractivity (Wildman–Crippen MR) is 122 cm³/mol. The number of hydrogen-bond donors (Lipinski definition) is 0. The number of allylic oxidation sites excluding steroid dienone is 4. The molecule has 2 aliphatic heterocycles. The maximum Gasteiger partial charge on any atom is 0.234 e. The van der Waals surface area contributed by atoms with Crippen LogP contribution in [0.5, 0.6) is 0 Å². The van der Waals surface area contributed by atoms with E-state index in [1.807, 2.05) is 17.1 Å². The second-order valence-corrected chi connectivity index (χ2v) is 11.0. The Hall–Kier alpha value is -1.70. The minimum atomic E-state index is -0.408. The number of likely N-dealkylation sites (tertiary alicyclic amines) is 2. The van der Waals surface area contributed by atoms with Crippen molar-refractivity contribution in [3.8, 4) is 0 Å². The summed E-state index contributed by atoms with van der Waals surface area (Å²) >= 11 is 12.3. The Morgan fingerprint density at radius 1 is 0.697 bits per heavy atom. The SMILES string of the molecule is O=C1[C@H]2CC=C(Cl)C[C@@H]2C(=O)N1CN(CN1C(=O)[C@H]2CC=C(Cl)C[C@H]2C1=O)C1CCCCC1. The fourth-order valence-electron chi connectivity index (χ4n) is 6.16. The molecule has 0 N–H and O–H groups in total. The van der Waals surface area contributed by atoms with E-state index < -0.39 is 11.8 Å². The molecule has 5 aliphatic rings. The monoisotopic (exact) mass is 493 g/mol. The zero-order valence-corrected chi connectivity index (χ0v) is 20.1. The fraction of sp³-hybridized carbons (Fsp3) is 0.667. The molecule has 3 fully saturated rings. The molecule has 0 aromatic rings. The minimum absolute atomic E-state index is 0.109. The fourth-order valence-corrected chi connectivity index (χ4v) is 6.67. The molecule has 4 atom stereocenters. The van der Waals surface area contributed by atoms with Crippen LogP contribution in [0.2, 0.25) is 0 Å². The Morgan fingerprint density at radius 3 is 1.58 bits per heavy atom. The number of carbonyl (C=O) groups excluding carboxylic acids is 4. The van der Waals surface area contributed by atoms with Gasteiger partial charge in [0.25, 0.3) is 0 Å². The van der Waals surface area contributed by atoms with Gasteiger partial charge in [-0.2, -0.15) is 0 Å². The van der Waals surface area contributed by atoms with Gasteiger partial charge < -0.3 is 0 Å². The van der Waals surface area contributed by atoms with Crippen LogP contribution >= 0.6 is 23.2 Å². The summed E-state index contributed by atoms with van der Waals surface area (Å²) in [6.45, 7) is 0.219. The number of carbonyl (C=O) groups is 4. The quantitative estimate of drug-likeness (QED) is 0.547. The summed E-state index contributed by atoms with van der Waals surface area (Å²) in [5, 5.41) is 1.26. The third kappa shape index (κ3) is 4.17. The first kappa shape index (κ1) is 23.1.